The van der Waals surface area contributed by atoms with Crippen LogP contribution in [0.5, 0.6) is 11.5 Å². The van der Waals surface area contributed by atoms with Crippen molar-refractivity contribution in [1.29, 1.82) is 0 Å². The van der Waals surface area contributed by atoms with Crippen molar-refractivity contribution >= 4 is 17.5 Å². The van der Waals surface area contributed by atoms with Crippen LogP contribution in [-0.4, -0.2) is 62.5 Å². The Labute approximate surface area is 183 Å². The van der Waals surface area contributed by atoms with Crippen LogP contribution in [0.4, 0.5) is 5.69 Å². The van der Waals surface area contributed by atoms with Gasteiger partial charge in [0, 0.05) is 30.4 Å². The molecule has 1 N–H and O–H groups in total. The van der Waals surface area contributed by atoms with E-state index in [1.807, 2.05) is 49.4 Å². The fourth-order valence-corrected chi connectivity index (χ4v) is 3.90. The quantitative estimate of drug-likeness (QED) is 0.703. The number of anilines is 1. The van der Waals surface area contributed by atoms with Gasteiger partial charge in [0.1, 0.15) is 11.5 Å². The molecule has 1 heterocycles. The first-order valence-corrected chi connectivity index (χ1v) is 10.5. The van der Waals surface area contributed by atoms with E-state index in [0.717, 1.165) is 47.7 Å². The standard InChI is InChI=1S/C24H31N3O4/c1-17-7-9-18(10-8-17)25-23(28)15-26(2)24(29)16-27-13-5-6-21(27)20-12-11-19(30-3)14-22(20)31-4/h7-12,14,21H,5-6,13,15-16H2,1-4H3,(H,25,28). The number of methoxy groups -OCH3 is 2. The van der Waals surface area contributed by atoms with E-state index in [1.54, 1.807) is 21.3 Å². The first kappa shape index (κ1) is 22.6. The van der Waals surface area contributed by atoms with Crippen LogP contribution in [0.1, 0.15) is 30.0 Å². The highest BCUT2D eigenvalue weighted by molar-refractivity contribution is 5.94. The van der Waals surface area contributed by atoms with Gasteiger partial charge in [-0.1, -0.05) is 23.8 Å². The topological polar surface area (TPSA) is 71.1 Å². The fourth-order valence-electron chi connectivity index (χ4n) is 3.90. The van der Waals surface area contributed by atoms with Gasteiger partial charge in [0.25, 0.3) is 0 Å². The SMILES string of the molecule is COc1ccc(C2CCCN2CC(=O)N(C)CC(=O)Nc2ccc(C)cc2)c(OC)c1. The predicted molar refractivity (Wildman–Crippen MR) is 121 cm³/mol. The van der Waals surface area contributed by atoms with Crippen molar-refractivity contribution in [2.45, 2.75) is 25.8 Å². The summed E-state index contributed by atoms with van der Waals surface area (Å²) in [6.45, 7) is 3.09. The van der Waals surface area contributed by atoms with E-state index in [9.17, 15) is 9.59 Å². The van der Waals surface area contributed by atoms with E-state index in [1.165, 1.54) is 4.90 Å². The molecule has 0 aliphatic carbocycles. The Hall–Kier alpha value is -3.06. The molecule has 1 atom stereocenters. The summed E-state index contributed by atoms with van der Waals surface area (Å²) >= 11 is 0. The van der Waals surface area contributed by atoms with Crippen LogP contribution in [0.2, 0.25) is 0 Å². The molecule has 1 fully saturated rings. The summed E-state index contributed by atoms with van der Waals surface area (Å²) < 4.78 is 10.9. The van der Waals surface area contributed by atoms with Crippen LogP contribution in [-0.2, 0) is 9.59 Å². The molecule has 7 nitrogen and oxygen atoms in total. The van der Waals surface area contributed by atoms with E-state index in [-0.39, 0.29) is 30.9 Å². The lowest BCUT2D eigenvalue weighted by atomic mass is 10.0. The van der Waals surface area contributed by atoms with Gasteiger partial charge in [0.15, 0.2) is 0 Å². The number of amides is 2. The van der Waals surface area contributed by atoms with Crippen molar-refractivity contribution in [1.82, 2.24) is 9.80 Å². The number of rotatable bonds is 8. The molecule has 1 unspecified atom stereocenters. The van der Waals surface area contributed by atoms with Crippen LogP contribution in [0.15, 0.2) is 42.5 Å². The van der Waals surface area contributed by atoms with E-state index in [0.29, 0.717) is 0 Å². The molecule has 2 aromatic rings. The monoisotopic (exact) mass is 425 g/mol. The molecular weight excluding hydrogens is 394 g/mol. The summed E-state index contributed by atoms with van der Waals surface area (Å²) in [7, 11) is 4.93. The summed E-state index contributed by atoms with van der Waals surface area (Å²) in [4.78, 5) is 28.8. The maximum absolute atomic E-state index is 12.8. The van der Waals surface area contributed by atoms with E-state index < -0.39 is 0 Å². The Morgan fingerprint density at radius 3 is 2.55 bits per heavy atom. The van der Waals surface area contributed by atoms with Crippen molar-refractivity contribution in [3.05, 3.63) is 53.6 Å². The second-order valence-electron chi connectivity index (χ2n) is 7.90. The van der Waals surface area contributed by atoms with E-state index in [4.69, 9.17) is 9.47 Å². The average molecular weight is 426 g/mol. The molecule has 31 heavy (non-hydrogen) atoms. The molecule has 0 bridgehead atoms. The molecule has 7 heteroatoms. The van der Waals surface area contributed by atoms with Crippen molar-refractivity contribution in [3.63, 3.8) is 0 Å². The Balaban J connectivity index is 1.59. The van der Waals surface area contributed by atoms with Gasteiger partial charge in [-0.25, -0.2) is 0 Å². The maximum Gasteiger partial charge on any atom is 0.243 e. The lowest BCUT2D eigenvalue weighted by Crippen LogP contribution is -2.41. The minimum Gasteiger partial charge on any atom is -0.497 e. The molecule has 0 aromatic heterocycles. The summed E-state index contributed by atoms with van der Waals surface area (Å²) in [5.74, 6) is 1.20. The molecule has 2 amide bonds. The number of nitrogens with zero attached hydrogens (tertiary/aromatic N) is 2. The minimum atomic E-state index is -0.213. The Bertz CT molecular complexity index is 914. The summed E-state index contributed by atoms with van der Waals surface area (Å²) in [5, 5.41) is 2.83. The van der Waals surface area contributed by atoms with Crippen molar-refractivity contribution in [3.8, 4) is 11.5 Å². The zero-order chi connectivity index (χ0) is 22.4. The summed E-state index contributed by atoms with van der Waals surface area (Å²) in [5.41, 5.74) is 2.90. The Morgan fingerprint density at radius 2 is 1.87 bits per heavy atom. The normalized spacial score (nSPS) is 16.1. The Kier molecular flexibility index (Phi) is 7.52. The Morgan fingerprint density at radius 1 is 1.13 bits per heavy atom. The molecule has 1 saturated heterocycles. The number of ether oxygens (including phenoxy) is 2. The number of benzene rings is 2. The van der Waals surface area contributed by atoms with E-state index >= 15 is 0 Å². The van der Waals surface area contributed by atoms with Crippen LogP contribution >= 0.6 is 0 Å². The average Bonchev–Trinajstić information content (AvgIpc) is 3.22. The molecule has 1 aliphatic rings. The fraction of sp³-hybridized carbons (Fsp3) is 0.417. The third-order valence-corrected chi connectivity index (χ3v) is 5.64. The molecule has 166 valence electrons. The number of hydrogen-bond donors (Lipinski definition) is 1. The second kappa shape index (κ2) is 10.3. The third kappa shape index (κ3) is 5.76. The number of hydrogen-bond acceptors (Lipinski definition) is 5. The zero-order valence-electron chi connectivity index (χ0n) is 18.7. The van der Waals surface area contributed by atoms with Crippen molar-refractivity contribution in [2.75, 3.05) is 46.2 Å². The highest BCUT2D eigenvalue weighted by atomic mass is 16.5. The minimum absolute atomic E-state index is 0.0110. The molecule has 0 radical (unpaired) electrons. The summed E-state index contributed by atoms with van der Waals surface area (Å²) in [6.07, 6.45) is 1.96. The van der Waals surface area contributed by atoms with Crippen molar-refractivity contribution in [2.24, 2.45) is 0 Å². The smallest absolute Gasteiger partial charge is 0.243 e. The molecule has 0 spiro atoms. The number of nitrogens with one attached hydrogen (secondary N) is 1. The van der Waals surface area contributed by atoms with Crippen LogP contribution < -0.4 is 14.8 Å². The van der Waals surface area contributed by atoms with Gasteiger partial charge >= 0.3 is 0 Å². The van der Waals surface area contributed by atoms with E-state index in [2.05, 4.69) is 10.2 Å². The molecule has 1 aliphatic heterocycles. The summed E-state index contributed by atoms with van der Waals surface area (Å²) in [6, 6.07) is 13.5. The third-order valence-electron chi connectivity index (χ3n) is 5.64. The number of aryl methyl sites for hydroxylation is 1. The van der Waals surface area contributed by atoms with Crippen LogP contribution in [0, 0.1) is 6.92 Å². The van der Waals surface area contributed by atoms with Gasteiger partial charge in [-0.15, -0.1) is 0 Å². The molecule has 0 saturated carbocycles. The molecular formula is C24H31N3O4. The lowest BCUT2D eigenvalue weighted by Gasteiger charge is -2.27. The molecule has 2 aromatic carbocycles. The number of likely N-dealkylation sites (N-methyl/N-ethyl adjacent to an activating group) is 1. The first-order chi connectivity index (χ1) is 14.9. The number of carbonyl (C=O) groups is 2. The van der Waals surface area contributed by atoms with Crippen LogP contribution in [0.25, 0.3) is 0 Å². The lowest BCUT2D eigenvalue weighted by molar-refractivity contribution is -0.134. The number of carbonyl (C=O) groups excluding carboxylic acids is 2. The largest absolute Gasteiger partial charge is 0.497 e. The highest BCUT2D eigenvalue weighted by Gasteiger charge is 2.30. The van der Waals surface area contributed by atoms with Crippen LogP contribution in [0.3, 0.4) is 0 Å². The highest BCUT2D eigenvalue weighted by Crippen LogP contribution is 2.38. The zero-order valence-corrected chi connectivity index (χ0v) is 18.7. The first-order valence-electron chi connectivity index (χ1n) is 10.5. The van der Waals surface area contributed by atoms with Gasteiger partial charge < -0.3 is 19.7 Å². The van der Waals surface area contributed by atoms with Gasteiger partial charge in [0.2, 0.25) is 11.8 Å². The van der Waals surface area contributed by atoms with Gasteiger partial charge in [0.05, 0.1) is 27.3 Å². The van der Waals surface area contributed by atoms with Gasteiger partial charge in [-0.05, 0) is 44.5 Å². The van der Waals surface area contributed by atoms with Crippen molar-refractivity contribution < 1.29 is 19.1 Å². The van der Waals surface area contributed by atoms with Gasteiger partial charge in [-0.3, -0.25) is 14.5 Å². The predicted octanol–water partition coefficient (Wildman–Crippen LogP) is 3.25. The van der Waals surface area contributed by atoms with Gasteiger partial charge in [-0.2, -0.15) is 0 Å². The maximum atomic E-state index is 12.8. The molecule has 3 rings (SSSR count). The number of likely N-dealkylation sites (tertiary alicyclic amines) is 1. The second-order valence-corrected chi connectivity index (χ2v) is 7.90.